The van der Waals surface area contributed by atoms with Gasteiger partial charge in [-0.15, -0.1) is 0 Å². The number of amides is 1. The molecule has 0 atom stereocenters. The van der Waals surface area contributed by atoms with Crippen LogP contribution in [0, 0.1) is 0 Å². The fourth-order valence-electron chi connectivity index (χ4n) is 3.00. The molecule has 0 radical (unpaired) electrons. The Hall–Kier alpha value is -2.56. The molecular weight excluding hydrogens is 385 g/mol. The molecule has 6 heteroatoms. The lowest BCUT2D eigenvalue weighted by atomic mass is 10.1. The molecule has 0 fully saturated rings. The van der Waals surface area contributed by atoms with Gasteiger partial charge in [-0.25, -0.2) is 0 Å². The number of hydrogen-bond donors (Lipinski definition) is 1. The zero-order chi connectivity index (χ0) is 19.4. The number of benzene rings is 3. The van der Waals surface area contributed by atoms with Gasteiger partial charge in [-0.1, -0.05) is 65.7 Å². The van der Waals surface area contributed by atoms with Gasteiger partial charge in [0.2, 0.25) is 0 Å². The minimum atomic E-state index is -0.908. The molecule has 0 aromatic heterocycles. The molecule has 0 unspecified atom stereocenters. The lowest BCUT2D eigenvalue weighted by Crippen LogP contribution is -2.32. The summed E-state index contributed by atoms with van der Waals surface area (Å²) in [6.45, 7) is 0.228. The third kappa shape index (κ3) is 4.24. The van der Waals surface area contributed by atoms with Gasteiger partial charge in [0.1, 0.15) is 0 Å². The fourth-order valence-corrected chi connectivity index (χ4v) is 3.64. The van der Waals surface area contributed by atoms with Gasteiger partial charge in [0.05, 0.1) is 15.7 Å². The summed E-state index contributed by atoms with van der Waals surface area (Å²) in [5.41, 5.74) is 1.04. The summed E-state index contributed by atoms with van der Waals surface area (Å²) in [5, 5.41) is 11.3. The van der Waals surface area contributed by atoms with Crippen LogP contribution in [-0.4, -0.2) is 23.5 Å². The zero-order valence-electron chi connectivity index (χ0n) is 14.4. The topological polar surface area (TPSA) is 57.6 Å². The van der Waals surface area contributed by atoms with Crippen LogP contribution < -0.4 is 4.90 Å². The number of fused-ring (bicyclic) bond motifs is 1. The Morgan fingerprint density at radius 1 is 0.889 bits per heavy atom. The molecule has 0 spiro atoms. The number of halogens is 2. The van der Waals surface area contributed by atoms with E-state index in [4.69, 9.17) is 28.3 Å². The Morgan fingerprint density at radius 2 is 1.52 bits per heavy atom. The van der Waals surface area contributed by atoms with Crippen LogP contribution in [0.15, 0.2) is 60.7 Å². The van der Waals surface area contributed by atoms with Crippen LogP contribution in [0.3, 0.4) is 0 Å². The predicted octanol–water partition coefficient (Wildman–Crippen LogP) is 5.66. The number of carbonyl (C=O) groups is 2. The number of carbonyl (C=O) groups excluding carboxylic acids is 1. The highest BCUT2D eigenvalue weighted by atomic mass is 35.5. The van der Waals surface area contributed by atoms with E-state index in [1.54, 1.807) is 35.2 Å². The van der Waals surface area contributed by atoms with Crippen molar-refractivity contribution in [2.45, 2.75) is 12.8 Å². The number of carboxylic acid groups (broad SMARTS) is 1. The van der Waals surface area contributed by atoms with E-state index in [-0.39, 0.29) is 18.9 Å². The monoisotopic (exact) mass is 401 g/mol. The lowest BCUT2D eigenvalue weighted by molar-refractivity contribution is -0.137. The second-order valence-electron chi connectivity index (χ2n) is 6.05. The number of anilines is 1. The van der Waals surface area contributed by atoms with E-state index in [2.05, 4.69) is 0 Å². The first-order chi connectivity index (χ1) is 13.0. The highest BCUT2D eigenvalue weighted by Crippen LogP contribution is 2.39. The van der Waals surface area contributed by atoms with Crippen molar-refractivity contribution < 1.29 is 14.7 Å². The van der Waals surface area contributed by atoms with Gasteiger partial charge in [-0.2, -0.15) is 0 Å². The summed E-state index contributed by atoms with van der Waals surface area (Å²) >= 11 is 12.8. The summed E-state index contributed by atoms with van der Waals surface area (Å²) in [6.07, 6.45) is 0.267. The van der Waals surface area contributed by atoms with Crippen LogP contribution >= 0.6 is 23.2 Å². The molecule has 0 aliphatic rings. The minimum Gasteiger partial charge on any atom is -0.481 e. The van der Waals surface area contributed by atoms with E-state index >= 15 is 0 Å². The summed E-state index contributed by atoms with van der Waals surface area (Å²) in [6, 6.07) is 17.9. The molecule has 27 heavy (non-hydrogen) atoms. The summed E-state index contributed by atoms with van der Waals surface area (Å²) in [5.74, 6) is -1.15. The molecule has 0 heterocycles. The van der Waals surface area contributed by atoms with Crippen LogP contribution in [-0.2, 0) is 4.79 Å². The quantitative estimate of drug-likeness (QED) is 0.579. The molecule has 4 nitrogen and oxygen atoms in total. The van der Waals surface area contributed by atoms with Crippen LogP contribution in [0.2, 0.25) is 10.0 Å². The largest absolute Gasteiger partial charge is 0.481 e. The maximum Gasteiger partial charge on any atom is 0.303 e. The van der Waals surface area contributed by atoms with Gasteiger partial charge in [0.15, 0.2) is 0 Å². The first-order valence-electron chi connectivity index (χ1n) is 8.44. The Morgan fingerprint density at radius 3 is 2.19 bits per heavy atom. The summed E-state index contributed by atoms with van der Waals surface area (Å²) < 4.78 is 0. The molecule has 1 amide bonds. The molecule has 0 bridgehead atoms. The minimum absolute atomic E-state index is 0.0400. The SMILES string of the molecule is O=C(O)CCCN(C(=O)c1ccccc1)c1c(Cl)cc(Cl)c2ccccc12. The van der Waals surface area contributed by atoms with Crippen LogP contribution in [0.5, 0.6) is 0 Å². The van der Waals surface area contributed by atoms with Gasteiger partial charge in [0, 0.05) is 29.3 Å². The Kier molecular flexibility index (Phi) is 5.99. The smallest absolute Gasteiger partial charge is 0.303 e. The van der Waals surface area contributed by atoms with Gasteiger partial charge >= 0.3 is 5.97 Å². The number of aliphatic carboxylic acids is 1. The molecule has 3 aromatic carbocycles. The van der Waals surface area contributed by atoms with Crippen molar-refractivity contribution in [2.75, 3.05) is 11.4 Å². The number of nitrogens with zero attached hydrogens (tertiary/aromatic N) is 1. The third-order valence-electron chi connectivity index (χ3n) is 4.23. The van der Waals surface area contributed by atoms with Gasteiger partial charge in [-0.05, 0) is 24.6 Å². The number of carboxylic acids is 1. The van der Waals surface area contributed by atoms with E-state index in [0.29, 0.717) is 27.7 Å². The Bertz CT molecular complexity index is 989. The third-order valence-corrected chi connectivity index (χ3v) is 4.83. The standard InChI is InChI=1S/C21H17Cl2NO3/c22-17-13-18(23)20(16-10-5-4-9-15(16)17)24(12-6-11-19(25)26)21(27)14-7-2-1-3-8-14/h1-5,7-10,13H,6,11-12H2,(H,25,26). The van der Waals surface area contributed by atoms with E-state index in [0.717, 1.165) is 10.8 Å². The first kappa shape index (κ1) is 19.2. The lowest BCUT2D eigenvalue weighted by Gasteiger charge is -2.26. The molecule has 0 aliphatic heterocycles. The second-order valence-corrected chi connectivity index (χ2v) is 6.87. The predicted molar refractivity (Wildman–Crippen MR) is 109 cm³/mol. The average molecular weight is 402 g/mol. The first-order valence-corrected chi connectivity index (χ1v) is 9.20. The molecule has 0 aliphatic carbocycles. The Balaban J connectivity index is 2.11. The average Bonchev–Trinajstić information content (AvgIpc) is 2.66. The van der Waals surface area contributed by atoms with Gasteiger partial charge in [0.25, 0.3) is 5.91 Å². The van der Waals surface area contributed by atoms with Crippen molar-refractivity contribution >= 4 is 51.5 Å². The van der Waals surface area contributed by atoms with E-state index in [1.165, 1.54) is 0 Å². The highest BCUT2D eigenvalue weighted by Gasteiger charge is 2.23. The molecule has 3 rings (SSSR count). The molecule has 3 aromatic rings. The number of hydrogen-bond acceptors (Lipinski definition) is 2. The van der Waals surface area contributed by atoms with Crippen molar-refractivity contribution in [3.8, 4) is 0 Å². The van der Waals surface area contributed by atoms with Crippen molar-refractivity contribution in [1.82, 2.24) is 0 Å². The maximum atomic E-state index is 13.2. The summed E-state index contributed by atoms with van der Waals surface area (Å²) in [4.78, 5) is 25.7. The number of rotatable bonds is 6. The van der Waals surface area contributed by atoms with Gasteiger partial charge in [-0.3, -0.25) is 9.59 Å². The van der Waals surface area contributed by atoms with E-state index in [9.17, 15) is 9.59 Å². The molecule has 0 saturated heterocycles. The van der Waals surface area contributed by atoms with Crippen molar-refractivity contribution in [3.63, 3.8) is 0 Å². The fraction of sp³-hybridized carbons (Fsp3) is 0.143. The van der Waals surface area contributed by atoms with Crippen LogP contribution in [0.25, 0.3) is 10.8 Å². The van der Waals surface area contributed by atoms with E-state index < -0.39 is 5.97 Å². The molecular formula is C21H17Cl2NO3. The highest BCUT2D eigenvalue weighted by molar-refractivity contribution is 6.41. The van der Waals surface area contributed by atoms with Crippen LogP contribution in [0.4, 0.5) is 5.69 Å². The van der Waals surface area contributed by atoms with Crippen molar-refractivity contribution in [2.24, 2.45) is 0 Å². The normalized spacial score (nSPS) is 10.7. The zero-order valence-corrected chi connectivity index (χ0v) is 15.9. The van der Waals surface area contributed by atoms with Crippen LogP contribution in [0.1, 0.15) is 23.2 Å². The maximum absolute atomic E-state index is 13.2. The summed E-state index contributed by atoms with van der Waals surface area (Å²) in [7, 11) is 0. The Labute approximate surface area is 166 Å². The van der Waals surface area contributed by atoms with Crippen molar-refractivity contribution in [3.05, 3.63) is 76.3 Å². The molecule has 1 N–H and O–H groups in total. The van der Waals surface area contributed by atoms with Crippen molar-refractivity contribution in [1.29, 1.82) is 0 Å². The second kappa shape index (κ2) is 8.42. The molecule has 0 saturated carbocycles. The molecule has 138 valence electrons. The van der Waals surface area contributed by atoms with E-state index in [1.807, 2.05) is 30.3 Å². The van der Waals surface area contributed by atoms with Gasteiger partial charge < -0.3 is 10.0 Å².